The fourth-order valence-electron chi connectivity index (χ4n) is 3.01. The smallest absolute Gasteiger partial charge is 0.251 e. The van der Waals surface area contributed by atoms with E-state index in [4.69, 9.17) is 5.73 Å². The van der Waals surface area contributed by atoms with Gasteiger partial charge in [-0.2, -0.15) is 5.26 Å². The fourth-order valence-corrected chi connectivity index (χ4v) is 3.01. The van der Waals surface area contributed by atoms with Crippen LogP contribution in [0.5, 0.6) is 0 Å². The van der Waals surface area contributed by atoms with Crippen molar-refractivity contribution in [3.05, 3.63) is 29.0 Å². The zero-order chi connectivity index (χ0) is 17.5. The molecule has 0 bridgehead atoms. The van der Waals surface area contributed by atoms with Crippen molar-refractivity contribution in [2.75, 3.05) is 18.0 Å². The van der Waals surface area contributed by atoms with Crippen molar-refractivity contribution < 1.29 is 8.78 Å². The first-order chi connectivity index (χ1) is 11.3. The highest BCUT2D eigenvalue weighted by Crippen LogP contribution is 2.32. The maximum Gasteiger partial charge on any atom is 0.251 e. The van der Waals surface area contributed by atoms with E-state index < -0.39 is 5.92 Å². The Kier molecular flexibility index (Phi) is 4.10. The zero-order valence-corrected chi connectivity index (χ0v) is 13.7. The van der Waals surface area contributed by atoms with Crippen LogP contribution in [0.1, 0.15) is 42.6 Å². The maximum absolute atomic E-state index is 13.4. The number of nitrogens with zero attached hydrogens (tertiary/aromatic N) is 4. The Balaban J connectivity index is 2.13. The molecule has 1 aliphatic heterocycles. The number of hydrogen-bond donors (Lipinski definition) is 1. The van der Waals surface area contributed by atoms with Gasteiger partial charge in [-0.15, -0.1) is 0 Å². The van der Waals surface area contributed by atoms with Crippen molar-refractivity contribution in [3.63, 3.8) is 0 Å². The molecule has 0 aliphatic carbocycles. The van der Waals surface area contributed by atoms with E-state index in [-0.39, 0.29) is 37.7 Å². The summed E-state index contributed by atoms with van der Waals surface area (Å²) in [7, 11) is 0. The molecule has 0 spiro atoms. The predicted octanol–water partition coefficient (Wildman–Crippen LogP) is 3.07. The molecule has 2 aromatic rings. The minimum Gasteiger partial charge on any atom is -0.354 e. The molecule has 1 aromatic carbocycles. The van der Waals surface area contributed by atoms with Crippen molar-refractivity contribution in [2.45, 2.75) is 38.7 Å². The Morgan fingerprint density at radius 3 is 2.54 bits per heavy atom. The van der Waals surface area contributed by atoms with Gasteiger partial charge in [0.15, 0.2) is 11.5 Å². The lowest BCUT2D eigenvalue weighted by atomic mass is 10.0. The molecular formula is C17H19F2N5. The molecule has 0 amide bonds. The molecule has 24 heavy (non-hydrogen) atoms. The first-order valence-electron chi connectivity index (χ1n) is 7.91. The van der Waals surface area contributed by atoms with E-state index >= 15 is 0 Å². The van der Waals surface area contributed by atoms with E-state index in [0.29, 0.717) is 16.9 Å². The summed E-state index contributed by atoms with van der Waals surface area (Å²) in [6.07, 6.45) is -0.489. The molecule has 1 saturated heterocycles. The van der Waals surface area contributed by atoms with Gasteiger partial charge in [0.1, 0.15) is 6.07 Å². The first kappa shape index (κ1) is 16.5. The van der Waals surface area contributed by atoms with Crippen LogP contribution in [-0.4, -0.2) is 29.0 Å². The summed E-state index contributed by atoms with van der Waals surface area (Å²) in [5.74, 6) is -2.28. The number of nitriles is 1. The number of anilines is 1. The van der Waals surface area contributed by atoms with Crippen molar-refractivity contribution in [2.24, 2.45) is 5.73 Å². The van der Waals surface area contributed by atoms with Gasteiger partial charge in [-0.1, -0.05) is 6.07 Å². The van der Waals surface area contributed by atoms with Crippen LogP contribution in [-0.2, 0) is 0 Å². The van der Waals surface area contributed by atoms with Gasteiger partial charge in [-0.05, 0) is 31.0 Å². The van der Waals surface area contributed by atoms with Gasteiger partial charge in [0.05, 0.1) is 11.0 Å². The lowest BCUT2D eigenvalue weighted by Crippen LogP contribution is -2.40. The molecule has 2 N–H and O–H groups in total. The molecule has 0 unspecified atom stereocenters. The Bertz CT molecular complexity index is 816. The Morgan fingerprint density at radius 1 is 1.29 bits per heavy atom. The molecule has 7 heteroatoms. The van der Waals surface area contributed by atoms with Crippen LogP contribution in [0.3, 0.4) is 0 Å². The summed E-state index contributed by atoms with van der Waals surface area (Å²) < 4.78 is 26.8. The first-order valence-corrected chi connectivity index (χ1v) is 7.91. The number of alkyl halides is 2. The van der Waals surface area contributed by atoms with E-state index in [0.717, 1.165) is 11.1 Å². The zero-order valence-electron chi connectivity index (χ0n) is 13.7. The largest absolute Gasteiger partial charge is 0.354 e. The van der Waals surface area contributed by atoms with Gasteiger partial charge in [-0.25, -0.2) is 18.7 Å². The highest BCUT2D eigenvalue weighted by Gasteiger charge is 2.35. The van der Waals surface area contributed by atoms with Gasteiger partial charge in [0.2, 0.25) is 0 Å². The highest BCUT2D eigenvalue weighted by atomic mass is 19.3. The third-order valence-electron chi connectivity index (χ3n) is 4.32. The van der Waals surface area contributed by atoms with Crippen LogP contribution in [0.2, 0.25) is 0 Å². The van der Waals surface area contributed by atoms with E-state index in [1.54, 1.807) is 4.90 Å². The second kappa shape index (κ2) is 5.95. The molecule has 2 heterocycles. The number of piperidine rings is 1. The standard InChI is InChI=1S/C17H19F2N5/c1-10-7-12(11(2)21)15-13(8-10)22-14(9-20)16(23-15)24-5-3-17(18,19)4-6-24/h7-8,11H,3-6,21H2,1-2H3/t11-/m1/s1. The number of nitrogens with two attached hydrogens (primary N) is 1. The van der Waals surface area contributed by atoms with Crippen LogP contribution < -0.4 is 10.6 Å². The molecule has 0 saturated carbocycles. The number of aromatic nitrogens is 2. The third-order valence-corrected chi connectivity index (χ3v) is 4.32. The third kappa shape index (κ3) is 3.02. The summed E-state index contributed by atoms with van der Waals surface area (Å²) in [5.41, 5.74) is 9.25. The number of fused-ring (bicyclic) bond motifs is 1. The molecule has 1 fully saturated rings. The summed E-state index contributed by atoms with van der Waals surface area (Å²) in [6.45, 7) is 4.09. The average molecular weight is 331 g/mol. The van der Waals surface area contributed by atoms with E-state index in [1.165, 1.54) is 0 Å². The highest BCUT2D eigenvalue weighted by molar-refractivity contribution is 5.82. The Hall–Kier alpha value is -2.33. The van der Waals surface area contributed by atoms with Crippen LogP contribution in [0.4, 0.5) is 14.6 Å². The Morgan fingerprint density at radius 2 is 1.96 bits per heavy atom. The maximum atomic E-state index is 13.4. The number of aryl methyl sites for hydroxylation is 1. The van der Waals surface area contributed by atoms with Crippen LogP contribution in [0, 0.1) is 18.3 Å². The summed E-state index contributed by atoms with van der Waals surface area (Å²) in [4.78, 5) is 10.7. The normalized spacial score (nSPS) is 18.4. The number of rotatable bonds is 2. The quantitative estimate of drug-likeness (QED) is 0.915. The second-order valence-corrected chi connectivity index (χ2v) is 6.36. The van der Waals surface area contributed by atoms with Gasteiger partial charge >= 0.3 is 0 Å². The monoisotopic (exact) mass is 331 g/mol. The van der Waals surface area contributed by atoms with Crippen LogP contribution >= 0.6 is 0 Å². The molecule has 3 rings (SSSR count). The van der Waals surface area contributed by atoms with E-state index in [9.17, 15) is 14.0 Å². The summed E-state index contributed by atoms with van der Waals surface area (Å²) >= 11 is 0. The minimum atomic E-state index is -2.65. The number of halogens is 2. The van der Waals surface area contributed by atoms with E-state index in [1.807, 2.05) is 32.0 Å². The van der Waals surface area contributed by atoms with Crippen molar-refractivity contribution >= 4 is 16.9 Å². The minimum absolute atomic E-state index is 0.154. The van der Waals surface area contributed by atoms with Gasteiger partial charge in [0, 0.05) is 32.0 Å². The van der Waals surface area contributed by atoms with Crippen LogP contribution in [0.25, 0.3) is 11.0 Å². The van der Waals surface area contributed by atoms with Gasteiger partial charge in [-0.3, -0.25) is 0 Å². The molecule has 1 aromatic heterocycles. The second-order valence-electron chi connectivity index (χ2n) is 6.36. The predicted molar refractivity (Wildman–Crippen MR) is 88.0 cm³/mol. The molecule has 126 valence electrons. The number of hydrogen-bond acceptors (Lipinski definition) is 5. The van der Waals surface area contributed by atoms with Gasteiger partial charge in [0.25, 0.3) is 5.92 Å². The number of benzene rings is 1. The molecule has 0 radical (unpaired) electrons. The molecule has 1 atom stereocenters. The van der Waals surface area contributed by atoms with Crippen LogP contribution in [0.15, 0.2) is 12.1 Å². The van der Waals surface area contributed by atoms with Gasteiger partial charge < -0.3 is 10.6 Å². The van der Waals surface area contributed by atoms with E-state index in [2.05, 4.69) is 9.97 Å². The SMILES string of the molecule is Cc1cc([C@@H](C)N)c2nc(N3CCC(F)(F)CC3)c(C#N)nc2c1. The Labute approximate surface area is 139 Å². The van der Waals surface area contributed by atoms with Crippen molar-refractivity contribution in [3.8, 4) is 6.07 Å². The molecule has 5 nitrogen and oxygen atoms in total. The molecule has 1 aliphatic rings. The fraction of sp³-hybridized carbons (Fsp3) is 0.471. The summed E-state index contributed by atoms with van der Waals surface area (Å²) in [5, 5.41) is 9.41. The van der Waals surface area contributed by atoms with Crippen molar-refractivity contribution in [1.29, 1.82) is 5.26 Å². The lowest BCUT2D eigenvalue weighted by molar-refractivity contribution is -0.0221. The summed E-state index contributed by atoms with van der Waals surface area (Å²) in [6, 6.07) is 5.59. The van der Waals surface area contributed by atoms with Crippen molar-refractivity contribution in [1.82, 2.24) is 9.97 Å². The average Bonchev–Trinajstić information content (AvgIpc) is 2.52. The lowest BCUT2D eigenvalue weighted by Gasteiger charge is -2.32. The topological polar surface area (TPSA) is 78.8 Å². The molecular weight excluding hydrogens is 312 g/mol.